The number of rotatable bonds is 8. The molecule has 168 valence electrons. The number of thioether (sulfide) groups is 1. The van der Waals surface area contributed by atoms with Gasteiger partial charge in [-0.15, -0.1) is 10.2 Å². The fourth-order valence-corrected chi connectivity index (χ4v) is 4.03. The van der Waals surface area contributed by atoms with Crippen molar-refractivity contribution in [1.82, 2.24) is 19.7 Å². The minimum absolute atomic E-state index is 0.121. The minimum Gasteiger partial charge on any atom is -0.494 e. The third-order valence-corrected chi connectivity index (χ3v) is 6.03. The van der Waals surface area contributed by atoms with Crippen LogP contribution in [0.5, 0.6) is 5.75 Å². The second-order valence-electron chi connectivity index (χ2n) is 7.44. The van der Waals surface area contributed by atoms with Crippen LogP contribution in [0.2, 0.25) is 0 Å². The second kappa shape index (κ2) is 10.3. The molecule has 0 aliphatic heterocycles. The van der Waals surface area contributed by atoms with Gasteiger partial charge in [-0.3, -0.25) is 14.3 Å². The first kappa shape index (κ1) is 22.5. The van der Waals surface area contributed by atoms with Crippen molar-refractivity contribution < 1.29 is 9.53 Å². The van der Waals surface area contributed by atoms with Crippen LogP contribution in [0.25, 0.3) is 17.1 Å². The summed E-state index contributed by atoms with van der Waals surface area (Å²) in [6, 6.07) is 17.3. The number of aromatic nitrogens is 4. The van der Waals surface area contributed by atoms with Crippen LogP contribution in [-0.2, 0) is 4.79 Å². The van der Waals surface area contributed by atoms with Gasteiger partial charge in [-0.2, -0.15) is 0 Å². The van der Waals surface area contributed by atoms with Crippen LogP contribution in [0.1, 0.15) is 18.1 Å². The molecule has 0 spiro atoms. The van der Waals surface area contributed by atoms with Crippen molar-refractivity contribution in [3.63, 3.8) is 0 Å². The fourth-order valence-electron chi connectivity index (χ4n) is 3.28. The van der Waals surface area contributed by atoms with E-state index in [0.29, 0.717) is 17.6 Å². The van der Waals surface area contributed by atoms with Gasteiger partial charge in [0.25, 0.3) is 0 Å². The standard InChI is InChI=1S/C25H25N5O2S/c1-4-32-22-9-6-20(7-10-22)27-23(31)16-33-25-29-28-24(19-11-13-26-14-12-19)30(25)21-8-5-17(2)18(3)15-21/h5-15H,4,16H2,1-3H3,(H,27,31). The highest BCUT2D eigenvalue weighted by Crippen LogP contribution is 2.29. The number of hydrogen-bond acceptors (Lipinski definition) is 6. The molecule has 7 nitrogen and oxygen atoms in total. The zero-order chi connectivity index (χ0) is 23.2. The summed E-state index contributed by atoms with van der Waals surface area (Å²) >= 11 is 1.34. The topological polar surface area (TPSA) is 81.9 Å². The smallest absolute Gasteiger partial charge is 0.234 e. The van der Waals surface area contributed by atoms with Crippen molar-refractivity contribution in [2.75, 3.05) is 17.7 Å². The Bertz CT molecular complexity index is 1240. The Morgan fingerprint density at radius 2 is 1.76 bits per heavy atom. The van der Waals surface area contributed by atoms with E-state index in [-0.39, 0.29) is 11.7 Å². The third-order valence-electron chi connectivity index (χ3n) is 5.10. The number of benzene rings is 2. The van der Waals surface area contributed by atoms with E-state index in [1.54, 1.807) is 12.4 Å². The van der Waals surface area contributed by atoms with Gasteiger partial charge in [0.2, 0.25) is 5.91 Å². The number of anilines is 1. The first-order chi connectivity index (χ1) is 16.0. The summed E-state index contributed by atoms with van der Waals surface area (Å²) in [5.74, 6) is 1.56. The molecule has 4 aromatic rings. The van der Waals surface area contributed by atoms with Crippen LogP contribution in [0.4, 0.5) is 5.69 Å². The third kappa shape index (κ3) is 5.40. The summed E-state index contributed by atoms with van der Waals surface area (Å²) in [5, 5.41) is 12.4. The van der Waals surface area contributed by atoms with Gasteiger partial charge in [-0.25, -0.2) is 0 Å². The number of hydrogen-bond donors (Lipinski definition) is 1. The number of nitrogens with zero attached hydrogens (tertiary/aromatic N) is 4. The lowest BCUT2D eigenvalue weighted by Gasteiger charge is -2.12. The molecule has 1 amide bonds. The van der Waals surface area contributed by atoms with Crippen LogP contribution in [0, 0.1) is 13.8 Å². The molecule has 0 fully saturated rings. The van der Waals surface area contributed by atoms with Crippen LogP contribution < -0.4 is 10.1 Å². The van der Waals surface area contributed by atoms with E-state index in [1.165, 1.54) is 22.9 Å². The number of nitrogens with one attached hydrogen (secondary N) is 1. The maximum Gasteiger partial charge on any atom is 0.234 e. The SMILES string of the molecule is CCOc1ccc(NC(=O)CSc2nnc(-c3ccncc3)n2-c2ccc(C)c(C)c2)cc1. The van der Waals surface area contributed by atoms with Crippen molar-refractivity contribution in [3.8, 4) is 22.8 Å². The van der Waals surface area contributed by atoms with Gasteiger partial charge in [-0.1, -0.05) is 17.8 Å². The molecule has 2 aromatic heterocycles. The summed E-state index contributed by atoms with van der Waals surface area (Å²) in [7, 11) is 0. The van der Waals surface area contributed by atoms with Gasteiger partial charge in [0.15, 0.2) is 11.0 Å². The average molecular weight is 460 g/mol. The average Bonchev–Trinajstić information content (AvgIpc) is 3.25. The second-order valence-corrected chi connectivity index (χ2v) is 8.38. The largest absolute Gasteiger partial charge is 0.494 e. The Kier molecular flexibility index (Phi) is 7.04. The van der Waals surface area contributed by atoms with Gasteiger partial charge in [0, 0.05) is 23.6 Å². The maximum absolute atomic E-state index is 12.6. The predicted octanol–water partition coefficient (Wildman–Crippen LogP) is 5.08. The number of carbonyl (C=O) groups is 1. The lowest BCUT2D eigenvalue weighted by Crippen LogP contribution is -2.14. The van der Waals surface area contributed by atoms with E-state index in [0.717, 1.165) is 22.7 Å². The van der Waals surface area contributed by atoms with Crippen LogP contribution >= 0.6 is 11.8 Å². The molecule has 2 aromatic carbocycles. The molecule has 0 saturated heterocycles. The number of ether oxygens (including phenoxy) is 1. The quantitative estimate of drug-likeness (QED) is 0.370. The van der Waals surface area contributed by atoms with Crippen molar-refractivity contribution in [2.45, 2.75) is 25.9 Å². The Morgan fingerprint density at radius 1 is 1.00 bits per heavy atom. The van der Waals surface area contributed by atoms with Crippen LogP contribution in [-0.4, -0.2) is 38.0 Å². The summed E-state index contributed by atoms with van der Waals surface area (Å²) in [6.07, 6.45) is 3.46. The summed E-state index contributed by atoms with van der Waals surface area (Å²) in [5.41, 5.74) is 4.95. The molecule has 4 rings (SSSR count). The highest BCUT2D eigenvalue weighted by atomic mass is 32.2. The molecule has 0 aliphatic carbocycles. The van der Waals surface area contributed by atoms with Crippen molar-refractivity contribution in [2.24, 2.45) is 0 Å². The minimum atomic E-state index is -0.121. The molecule has 2 heterocycles. The van der Waals surface area contributed by atoms with Gasteiger partial charge in [0.1, 0.15) is 5.75 Å². The highest BCUT2D eigenvalue weighted by molar-refractivity contribution is 7.99. The van der Waals surface area contributed by atoms with E-state index in [4.69, 9.17) is 4.74 Å². The van der Waals surface area contributed by atoms with E-state index in [9.17, 15) is 4.79 Å². The predicted molar refractivity (Wildman–Crippen MR) is 131 cm³/mol. The zero-order valence-electron chi connectivity index (χ0n) is 18.8. The lowest BCUT2D eigenvalue weighted by atomic mass is 10.1. The zero-order valence-corrected chi connectivity index (χ0v) is 19.6. The maximum atomic E-state index is 12.6. The van der Waals surface area contributed by atoms with Crippen molar-refractivity contribution in [3.05, 3.63) is 78.1 Å². The van der Waals surface area contributed by atoms with E-state index < -0.39 is 0 Å². The summed E-state index contributed by atoms with van der Waals surface area (Å²) in [4.78, 5) is 16.7. The normalized spacial score (nSPS) is 10.8. The molecular weight excluding hydrogens is 434 g/mol. The molecule has 0 aliphatic rings. The van der Waals surface area contributed by atoms with Crippen LogP contribution in [0.3, 0.4) is 0 Å². The first-order valence-corrected chi connectivity index (χ1v) is 11.6. The number of amides is 1. The number of pyridine rings is 1. The molecule has 1 N–H and O–H groups in total. The lowest BCUT2D eigenvalue weighted by molar-refractivity contribution is -0.113. The monoisotopic (exact) mass is 459 g/mol. The van der Waals surface area contributed by atoms with E-state index in [2.05, 4.69) is 46.5 Å². The number of aryl methyl sites for hydroxylation is 2. The van der Waals surface area contributed by atoms with Gasteiger partial charge < -0.3 is 10.1 Å². The van der Waals surface area contributed by atoms with Gasteiger partial charge in [0.05, 0.1) is 18.0 Å². The molecule has 0 atom stereocenters. The number of carbonyl (C=O) groups excluding carboxylic acids is 1. The first-order valence-electron chi connectivity index (χ1n) is 10.6. The van der Waals surface area contributed by atoms with Gasteiger partial charge in [-0.05, 0) is 80.4 Å². The molecule has 0 unspecified atom stereocenters. The van der Waals surface area contributed by atoms with E-state index in [1.807, 2.05) is 54.0 Å². The van der Waals surface area contributed by atoms with E-state index >= 15 is 0 Å². The molecular formula is C25H25N5O2S. The molecule has 0 bridgehead atoms. The van der Waals surface area contributed by atoms with Crippen molar-refractivity contribution >= 4 is 23.4 Å². The van der Waals surface area contributed by atoms with Gasteiger partial charge >= 0.3 is 0 Å². The Hall–Kier alpha value is -3.65. The van der Waals surface area contributed by atoms with Crippen LogP contribution in [0.15, 0.2) is 72.1 Å². The highest BCUT2D eigenvalue weighted by Gasteiger charge is 2.18. The molecule has 33 heavy (non-hydrogen) atoms. The Balaban J connectivity index is 1.55. The Morgan fingerprint density at radius 3 is 2.45 bits per heavy atom. The Labute approximate surface area is 197 Å². The molecule has 0 radical (unpaired) electrons. The molecule has 8 heteroatoms. The summed E-state index contributed by atoms with van der Waals surface area (Å²) in [6.45, 7) is 6.69. The fraction of sp³-hybridized carbons (Fsp3) is 0.200. The summed E-state index contributed by atoms with van der Waals surface area (Å²) < 4.78 is 7.42. The molecule has 0 saturated carbocycles. The van der Waals surface area contributed by atoms with Crippen molar-refractivity contribution in [1.29, 1.82) is 0 Å².